The van der Waals surface area contributed by atoms with Gasteiger partial charge in [0.2, 0.25) is 0 Å². The van der Waals surface area contributed by atoms with Crippen molar-refractivity contribution in [3.8, 4) is 6.07 Å². The second-order valence-corrected chi connectivity index (χ2v) is 3.66. The smallest absolute Gasteiger partial charge is 0.135 e. The first-order chi connectivity index (χ1) is 5.20. The highest BCUT2D eigenvalue weighted by atomic mass is 35.5. The molecule has 1 aliphatic rings. The number of nitriles is 1. The summed E-state index contributed by atoms with van der Waals surface area (Å²) in [5.41, 5.74) is 0. The Morgan fingerprint density at radius 2 is 2.55 bits per heavy atom. The summed E-state index contributed by atoms with van der Waals surface area (Å²) >= 11 is 5.99. The highest BCUT2D eigenvalue weighted by Gasteiger charge is 2.34. The molecule has 3 heteroatoms. The van der Waals surface area contributed by atoms with Crippen LogP contribution in [0.3, 0.4) is 0 Å². The molecule has 1 rings (SSSR count). The molecule has 1 saturated heterocycles. The average Bonchev–Trinajstić information content (AvgIpc) is 2.05. The zero-order valence-corrected chi connectivity index (χ0v) is 7.40. The Bertz CT molecular complexity index is 177. The largest absolute Gasteiger partial charge is 0.378 e. The number of hydrogen-bond donors (Lipinski definition) is 0. The van der Waals surface area contributed by atoms with Crippen molar-refractivity contribution in [2.24, 2.45) is 0 Å². The van der Waals surface area contributed by atoms with Crippen molar-refractivity contribution in [1.29, 1.82) is 5.26 Å². The molecule has 0 aromatic carbocycles. The fourth-order valence-electron chi connectivity index (χ4n) is 1.27. The molecule has 1 heterocycles. The number of nitrogens with zero attached hydrogens (tertiary/aromatic N) is 1. The van der Waals surface area contributed by atoms with Crippen LogP contribution in [0, 0.1) is 11.3 Å². The van der Waals surface area contributed by atoms with Gasteiger partial charge >= 0.3 is 0 Å². The van der Waals surface area contributed by atoms with Gasteiger partial charge < -0.3 is 4.74 Å². The van der Waals surface area contributed by atoms with Gasteiger partial charge in [0, 0.05) is 19.4 Å². The third kappa shape index (κ3) is 2.08. The highest BCUT2D eigenvalue weighted by Crippen LogP contribution is 2.31. The molecule has 0 saturated carbocycles. The lowest BCUT2D eigenvalue weighted by Crippen LogP contribution is -2.34. The molecule has 2 unspecified atom stereocenters. The summed E-state index contributed by atoms with van der Waals surface area (Å²) in [4.78, 5) is -0.654. The predicted molar refractivity (Wildman–Crippen MR) is 43.5 cm³/mol. The van der Waals surface area contributed by atoms with E-state index in [1.165, 1.54) is 0 Å². The van der Waals surface area contributed by atoms with E-state index in [0.29, 0.717) is 19.4 Å². The van der Waals surface area contributed by atoms with Gasteiger partial charge in [-0.25, -0.2) is 0 Å². The first-order valence-electron chi connectivity index (χ1n) is 3.92. The summed E-state index contributed by atoms with van der Waals surface area (Å²) in [6.45, 7) is 2.67. The maximum Gasteiger partial charge on any atom is 0.135 e. The zero-order chi connectivity index (χ0) is 8.32. The van der Waals surface area contributed by atoms with Gasteiger partial charge in [0.1, 0.15) is 4.87 Å². The predicted octanol–water partition coefficient (Wildman–Crippen LogP) is 2.08. The fourth-order valence-corrected chi connectivity index (χ4v) is 1.52. The van der Waals surface area contributed by atoms with Crippen molar-refractivity contribution in [3.05, 3.63) is 0 Å². The molecule has 0 radical (unpaired) electrons. The van der Waals surface area contributed by atoms with Crippen molar-refractivity contribution in [2.45, 2.75) is 37.2 Å². The second-order valence-electron chi connectivity index (χ2n) is 2.93. The normalized spacial score (nSPS) is 38.1. The SMILES string of the molecule is CCC1CC(Cl)(C#N)CCO1. The van der Waals surface area contributed by atoms with Crippen molar-refractivity contribution >= 4 is 11.6 Å². The Hall–Kier alpha value is -0.260. The molecular formula is C8H12ClNO. The molecule has 11 heavy (non-hydrogen) atoms. The molecule has 0 aliphatic carbocycles. The van der Waals surface area contributed by atoms with Gasteiger partial charge in [0.05, 0.1) is 12.2 Å². The number of ether oxygens (including phenoxy) is 1. The molecule has 1 fully saturated rings. The van der Waals surface area contributed by atoms with Crippen LogP contribution in [0.4, 0.5) is 0 Å². The minimum Gasteiger partial charge on any atom is -0.378 e. The summed E-state index contributed by atoms with van der Waals surface area (Å²) in [7, 11) is 0. The van der Waals surface area contributed by atoms with Crippen molar-refractivity contribution < 1.29 is 4.74 Å². The molecule has 62 valence electrons. The summed E-state index contributed by atoms with van der Waals surface area (Å²) in [5.74, 6) is 0. The van der Waals surface area contributed by atoms with E-state index in [9.17, 15) is 0 Å². The lowest BCUT2D eigenvalue weighted by molar-refractivity contribution is 0.00626. The van der Waals surface area contributed by atoms with Gasteiger partial charge in [-0.1, -0.05) is 6.92 Å². The lowest BCUT2D eigenvalue weighted by Gasteiger charge is -2.30. The molecule has 0 aromatic heterocycles. The minimum atomic E-state index is -0.654. The molecule has 0 bridgehead atoms. The van der Waals surface area contributed by atoms with Gasteiger partial charge in [0.25, 0.3) is 0 Å². The Kier molecular flexibility index (Phi) is 2.75. The van der Waals surface area contributed by atoms with Crippen LogP contribution in [0.1, 0.15) is 26.2 Å². The molecular weight excluding hydrogens is 162 g/mol. The van der Waals surface area contributed by atoms with Gasteiger partial charge in [0.15, 0.2) is 0 Å². The molecule has 2 nitrogen and oxygen atoms in total. The fraction of sp³-hybridized carbons (Fsp3) is 0.875. The van der Waals surface area contributed by atoms with Crippen LogP contribution < -0.4 is 0 Å². The number of rotatable bonds is 1. The zero-order valence-electron chi connectivity index (χ0n) is 6.64. The summed E-state index contributed by atoms with van der Waals surface area (Å²) in [6, 6.07) is 2.13. The van der Waals surface area contributed by atoms with Crippen LogP contribution in [0.2, 0.25) is 0 Å². The van der Waals surface area contributed by atoms with E-state index in [4.69, 9.17) is 21.6 Å². The van der Waals surface area contributed by atoms with Crippen LogP contribution in [0.15, 0.2) is 0 Å². The van der Waals surface area contributed by atoms with Crippen LogP contribution in [-0.2, 0) is 4.74 Å². The van der Waals surface area contributed by atoms with Crippen LogP contribution >= 0.6 is 11.6 Å². The van der Waals surface area contributed by atoms with E-state index in [-0.39, 0.29) is 6.10 Å². The highest BCUT2D eigenvalue weighted by molar-refractivity contribution is 6.25. The van der Waals surface area contributed by atoms with E-state index >= 15 is 0 Å². The second kappa shape index (κ2) is 3.42. The van der Waals surface area contributed by atoms with Crippen molar-refractivity contribution in [2.75, 3.05) is 6.61 Å². The van der Waals surface area contributed by atoms with Gasteiger partial charge in [-0.2, -0.15) is 5.26 Å². The summed E-state index contributed by atoms with van der Waals surface area (Å²) in [5, 5.41) is 8.73. The standard InChI is InChI=1S/C8H12ClNO/c1-2-7-5-8(9,6-10)3-4-11-7/h7H,2-5H2,1H3. The number of alkyl halides is 1. The van der Waals surface area contributed by atoms with E-state index < -0.39 is 4.87 Å². The van der Waals surface area contributed by atoms with E-state index in [0.717, 1.165) is 6.42 Å². The lowest BCUT2D eigenvalue weighted by atomic mass is 9.95. The van der Waals surface area contributed by atoms with Crippen LogP contribution in [0.5, 0.6) is 0 Å². The molecule has 1 aliphatic heterocycles. The average molecular weight is 174 g/mol. The Morgan fingerprint density at radius 3 is 3.09 bits per heavy atom. The maximum atomic E-state index is 8.73. The van der Waals surface area contributed by atoms with E-state index in [1.807, 2.05) is 6.92 Å². The molecule has 0 aromatic rings. The van der Waals surface area contributed by atoms with Crippen molar-refractivity contribution in [1.82, 2.24) is 0 Å². The van der Waals surface area contributed by atoms with E-state index in [1.54, 1.807) is 0 Å². The Labute approximate surface area is 72.1 Å². The van der Waals surface area contributed by atoms with Gasteiger partial charge in [-0.05, 0) is 6.42 Å². The Morgan fingerprint density at radius 1 is 1.82 bits per heavy atom. The molecule has 0 spiro atoms. The first kappa shape index (κ1) is 8.83. The third-order valence-electron chi connectivity index (χ3n) is 2.06. The van der Waals surface area contributed by atoms with Gasteiger partial charge in [-0.15, -0.1) is 11.6 Å². The maximum absolute atomic E-state index is 8.73. The van der Waals surface area contributed by atoms with Crippen molar-refractivity contribution in [3.63, 3.8) is 0 Å². The molecule has 2 atom stereocenters. The molecule has 0 N–H and O–H groups in total. The number of halogens is 1. The van der Waals surface area contributed by atoms with Gasteiger partial charge in [-0.3, -0.25) is 0 Å². The molecule has 0 amide bonds. The van der Waals surface area contributed by atoms with E-state index in [2.05, 4.69) is 6.07 Å². The number of hydrogen-bond acceptors (Lipinski definition) is 2. The Balaban J connectivity index is 2.53. The topological polar surface area (TPSA) is 33.0 Å². The van der Waals surface area contributed by atoms with Crippen LogP contribution in [-0.4, -0.2) is 17.6 Å². The third-order valence-corrected chi connectivity index (χ3v) is 2.49. The first-order valence-corrected chi connectivity index (χ1v) is 4.30. The quantitative estimate of drug-likeness (QED) is 0.569. The minimum absolute atomic E-state index is 0.181. The van der Waals surface area contributed by atoms with Crippen LogP contribution in [0.25, 0.3) is 0 Å². The monoisotopic (exact) mass is 173 g/mol. The summed E-state index contributed by atoms with van der Waals surface area (Å²) in [6.07, 6.45) is 2.44. The summed E-state index contributed by atoms with van der Waals surface area (Å²) < 4.78 is 5.39.